The molecule has 1 heteroatoms. The number of aryl methyl sites for hydroxylation is 2. The largest absolute Gasteiger partial charge is 0.330 e. The SMILES string of the molecule is CCC(CN)Cc1ccc2c(c1)CCCC2. The van der Waals surface area contributed by atoms with Crippen LogP contribution < -0.4 is 5.73 Å². The van der Waals surface area contributed by atoms with E-state index in [-0.39, 0.29) is 0 Å². The summed E-state index contributed by atoms with van der Waals surface area (Å²) in [6.45, 7) is 3.05. The van der Waals surface area contributed by atoms with E-state index in [1.54, 1.807) is 11.1 Å². The van der Waals surface area contributed by atoms with Crippen LogP contribution >= 0.6 is 0 Å². The van der Waals surface area contributed by atoms with Gasteiger partial charge in [-0.1, -0.05) is 31.5 Å². The van der Waals surface area contributed by atoms with Gasteiger partial charge in [0.05, 0.1) is 0 Å². The van der Waals surface area contributed by atoms with Gasteiger partial charge in [-0.25, -0.2) is 0 Å². The monoisotopic (exact) mass is 217 g/mol. The van der Waals surface area contributed by atoms with Crippen LogP contribution in [0.2, 0.25) is 0 Å². The molecule has 2 N–H and O–H groups in total. The third-order valence-electron chi connectivity index (χ3n) is 3.85. The predicted octanol–water partition coefficient (Wildman–Crippen LogP) is 3.09. The van der Waals surface area contributed by atoms with Crippen molar-refractivity contribution in [2.24, 2.45) is 11.7 Å². The predicted molar refractivity (Wildman–Crippen MR) is 69.6 cm³/mol. The Hall–Kier alpha value is -0.820. The molecule has 1 aliphatic carbocycles. The molecule has 0 radical (unpaired) electrons. The first-order valence-electron chi connectivity index (χ1n) is 6.64. The van der Waals surface area contributed by atoms with Crippen molar-refractivity contribution < 1.29 is 0 Å². The summed E-state index contributed by atoms with van der Waals surface area (Å²) in [6.07, 6.45) is 7.64. The fourth-order valence-electron chi connectivity index (χ4n) is 2.64. The standard InChI is InChI=1S/C15H23N/c1-2-12(11-16)9-13-7-8-14-5-3-4-6-15(14)10-13/h7-8,10,12H,2-6,9,11,16H2,1H3. The summed E-state index contributed by atoms with van der Waals surface area (Å²) >= 11 is 0. The smallest absolute Gasteiger partial charge is 0.00458 e. The Morgan fingerprint density at radius 3 is 2.62 bits per heavy atom. The highest BCUT2D eigenvalue weighted by atomic mass is 14.5. The summed E-state index contributed by atoms with van der Waals surface area (Å²) in [4.78, 5) is 0. The second-order valence-corrected chi connectivity index (χ2v) is 5.02. The first kappa shape index (κ1) is 11.7. The van der Waals surface area contributed by atoms with Crippen molar-refractivity contribution in [1.82, 2.24) is 0 Å². The highest BCUT2D eigenvalue weighted by Crippen LogP contribution is 2.23. The molecule has 1 unspecified atom stereocenters. The maximum Gasteiger partial charge on any atom is -0.00458 e. The van der Waals surface area contributed by atoms with Crippen LogP contribution in [0.25, 0.3) is 0 Å². The molecule has 0 fully saturated rings. The summed E-state index contributed by atoms with van der Waals surface area (Å²) in [5, 5.41) is 0. The second-order valence-electron chi connectivity index (χ2n) is 5.02. The fraction of sp³-hybridized carbons (Fsp3) is 0.600. The molecule has 0 amide bonds. The van der Waals surface area contributed by atoms with E-state index < -0.39 is 0 Å². The molecule has 0 bridgehead atoms. The van der Waals surface area contributed by atoms with E-state index in [0.29, 0.717) is 5.92 Å². The van der Waals surface area contributed by atoms with Crippen molar-refractivity contribution in [3.63, 3.8) is 0 Å². The number of nitrogens with two attached hydrogens (primary N) is 1. The molecular weight excluding hydrogens is 194 g/mol. The van der Waals surface area contributed by atoms with Crippen molar-refractivity contribution >= 4 is 0 Å². The Morgan fingerprint density at radius 1 is 1.19 bits per heavy atom. The normalized spacial score (nSPS) is 16.9. The van der Waals surface area contributed by atoms with Crippen LogP contribution in [0.4, 0.5) is 0 Å². The van der Waals surface area contributed by atoms with Gasteiger partial charge in [-0.15, -0.1) is 0 Å². The van der Waals surface area contributed by atoms with Crippen LogP contribution in [0.1, 0.15) is 42.9 Å². The number of fused-ring (bicyclic) bond motifs is 1. The van der Waals surface area contributed by atoms with Crippen molar-refractivity contribution in [3.05, 3.63) is 34.9 Å². The molecule has 16 heavy (non-hydrogen) atoms. The van der Waals surface area contributed by atoms with Crippen molar-refractivity contribution in [1.29, 1.82) is 0 Å². The van der Waals surface area contributed by atoms with E-state index in [4.69, 9.17) is 5.73 Å². The molecule has 0 aromatic heterocycles. The minimum atomic E-state index is 0.654. The van der Waals surface area contributed by atoms with Gasteiger partial charge in [0.25, 0.3) is 0 Å². The van der Waals surface area contributed by atoms with E-state index in [0.717, 1.165) is 13.0 Å². The Kier molecular flexibility index (Phi) is 4.00. The van der Waals surface area contributed by atoms with Crippen LogP contribution in [0.5, 0.6) is 0 Å². The van der Waals surface area contributed by atoms with E-state index in [1.807, 2.05) is 0 Å². The molecule has 88 valence electrons. The number of benzene rings is 1. The third kappa shape index (κ3) is 2.65. The van der Waals surface area contributed by atoms with Crippen LogP contribution in [-0.4, -0.2) is 6.54 Å². The zero-order chi connectivity index (χ0) is 11.4. The lowest BCUT2D eigenvalue weighted by molar-refractivity contribution is 0.518. The quantitative estimate of drug-likeness (QED) is 0.824. The summed E-state index contributed by atoms with van der Waals surface area (Å²) in [7, 11) is 0. The van der Waals surface area contributed by atoms with Crippen LogP contribution in [-0.2, 0) is 19.3 Å². The molecule has 0 saturated heterocycles. The Morgan fingerprint density at radius 2 is 1.94 bits per heavy atom. The Labute approximate surface area is 99.0 Å². The van der Waals surface area contributed by atoms with Gasteiger partial charge in [0.1, 0.15) is 0 Å². The maximum absolute atomic E-state index is 5.77. The summed E-state index contributed by atoms with van der Waals surface area (Å²) in [5.41, 5.74) is 10.4. The van der Waals surface area contributed by atoms with Crippen molar-refractivity contribution in [3.8, 4) is 0 Å². The number of hydrogen-bond acceptors (Lipinski definition) is 1. The van der Waals surface area contributed by atoms with Gasteiger partial charge in [-0.05, 0) is 61.3 Å². The van der Waals surface area contributed by atoms with Crippen molar-refractivity contribution in [2.75, 3.05) is 6.54 Å². The Balaban J connectivity index is 2.10. The third-order valence-corrected chi connectivity index (χ3v) is 3.85. The molecule has 0 aliphatic heterocycles. The molecule has 1 aromatic carbocycles. The van der Waals surface area contributed by atoms with Gasteiger partial charge >= 0.3 is 0 Å². The van der Waals surface area contributed by atoms with E-state index in [1.165, 1.54) is 37.7 Å². The zero-order valence-electron chi connectivity index (χ0n) is 10.3. The average molecular weight is 217 g/mol. The minimum Gasteiger partial charge on any atom is -0.330 e. The number of hydrogen-bond donors (Lipinski definition) is 1. The highest BCUT2D eigenvalue weighted by Gasteiger charge is 2.11. The van der Waals surface area contributed by atoms with E-state index in [2.05, 4.69) is 25.1 Å². The summed E-state index contributed by atoms with van der Waals surface area (Å²) in [6, 6.07) is 7.07. The summed E-state index contributed by atoms with van der Waals surface area (Å²) < 4.78 is 0. The average Bonchev–Trinajstić information content (AvgIpc) is 2.35. The van der Waals surface area contributed by atoms with Crippen LogP contribution in [0.3, 0.4) is 0 Å². The number of rotatable bonds is 4. The van der Waals surface area contributed by atoms with Gasteiger partial charge in [0.2, 0.25) is 0 Å². The van der Waals surface area contributed by atoms with Gasteiger partial charge in [-0.3, -0.25) is 0 Å². The van der Waals surface area contributed by atoms with Gasteiger partial charge < -0.3 is 5.73 Å². The van der Waals surface area contributed by atoms with Gasteiger partial charge in [-0.2, -0.15) is 0 Å². The fourth-order valence-corrected chi connectivity index (χ4v) is 2.64. The topological polar surface area (TPSA) is 26.0 Å². The first-order chi connectivity index (χ1) is 7.83. The van der Waals surface area contributed by atoms with Gasteiger partial charge in [0, 0.05) is 0 Å². The van der Waals surface area contributed by atoms with Crippen LogP contribution in [0, 0.1) is 5.92 Å². The maximum atomic E-state index is 5.77. The van der Waals surface area contributed by atoms with E-state index in [9.17, 15) is 0 Å². The minimum absolute atomic E-state index is 0.654. The molecular formula is C15H23N. The summed E-state index contributed by atoms with van der Waals surface area (Å²) in [5.74, 6) is 0.654. The van der Waals surface area contributed by atoms with Gasteiger partial charge in [0.15, 0.2) is 0 Å². The lowest BCUT2D eigenvalue weighted by atomic mass is 9.88. The molecule has 1 nitrogen and oxygen atoms in total. The Bertz CT molecular complexity index is 339. The van der Waals surface area contributed by atoms with E-state index >= 15 is 0 Å². The molecule has 1 atom stereocenters. The highest BCUT2D eigenvalue weighted by molar-refractivity contribution is 5.34. The van der Waals surface area contributed by atoms with Crippen LogP contribution in [0.15, 0.2) is 18.2 Å². The zero-order valence-corrected chi connectivity index (χ0v) is 10.3. The molecule has 0 heterocycles. The lowest BCUT2D eigenvalue weighted by Gasteiger charge is -2.18. The molecule has 2 rings (SSSR count). The molecule has 1 aromatic rings. The second kappa shape index (κ2) is 5.49. The molecule has 0 spiro atoms. The molecule has 0 saturated carbocycles. The molecule has 1 aliphatic rings. The van der Waals surface area contributed by atoms with Crippen molar-refractivity contribution in [2.45, 2.75) is 45.4 Å². The first-order valence-corrected chi connectivity index (χ1v) is 6.64. The lowest BCUT2D eigenvalue weighted by Crippen LogP contribution is -2.16.